The number of amides is 1. The fraction of sp³-hybridized carbons (Fsp3) is 0.188. The lowest BCUT2D eigenvalue weighted by Crippen LogP contribution is -2.06. The summed E-state index contributed by atoms with van der Waals surface area (Å²) in [5, 5.41) is 2.72. The molecular weight excluding hydrogens is 238 g/mol. The fourth-order valence-corrected chi connectivity index (χ4v) is 1.95. The summed E-state index contributed by atoms with van der Waals surface area (Å²) in [6, 6.07) is 15.5. The van der Waals surface area contributed by atoms with Crippen molar-refractivity contribution in [3.8, 4) is 16.9 Å². The first-order chi connectivity index (χ1) is 9.22. The van der Waals surface area contributed by atoms with Crippen LogP contribution in [0.25, 0.3) is 11.1 Å². The Hall–Kier alpha value is -2.29. The number of hydrogen-bond acceptors (Lipinski definition) is 2. The fourth-order valence-electron chi connectivity index (χ4n) is 1.95. The molecule has 0 aliphatic heterocycles. The van der Waals surface area contributed by atoms with Gasteiger partial charge in [-0.3, -0.25) is 4.79 Å². The summed E-state index contributed by atoms with van der Waals surface area (Å²) in [7, 11) is 0. The molecule has 0 radical (unpaired) electrons. The first kappa shape index (κ1) is 13.1. The second kappa shape index (κ2) is 6.05. The molecule has 0 aromatic heterocycles. The molecule has 98 valence electrons. The second-order valence-electron chi connectivity index (χ2n) is 4.47. The number of nitrogens with one attached hydrogen (secondary N) is 1. The van der Waals surface area contributed by atoms with Gasteiger partial charge in [0.2, 0.25) is 6.41 Å². The second-order valence-corrected chi connectivity index (χ2v) is 4.47. The molecule has 2 rings (SSSR count). The minimum absolute atomic E-state index is 0.104. The highest BCUT2D eigenvalue weighted by molar-refractivity contribution is 5.87. The van der Waals surface area contributed by atoms with Crippen LogP contribution in [0.3, 0.4) is 0 Å². The van der Waals surface area contributed by atoms with Crippen molar-refractivity contribution in [3.05, 3.63) is 48.5 Å². The normalized spacial score (nSPS) is 10.3. The SMILES string of the molecule is CC(C)Oc1ccccc1-c1ccccc1NC=O. The summed E-state index contributed by atoms with van der Waals surface area (Å²) in [4.78, 5) is 10.7. The standard InChI is InChI=1S/C16H17NO2/c1-12(2)19-16-10-6-4-8-14(16)13-7-3-5-9-15(13)17-11-18/h3-12H,1-2H3,(H,17,18). The molecule has 0 spiro atoms. The summed E-state index contributed by atoms with van der Waals surface area (Å²) in [5.74, 6) is 0.817. The van der Waals surface area contributed by atoms with E-state index in [9.17, 15) is 4.79 Å². The van der Waals surface area contributed by atoms with Gasteiger partial charge < -0.3 is 10.1 Å². The highest BCUT2D eigenvalue weighted by Crippen LogP contribution is 2.35. The molecule has 0 unspecified atom stereocenters. The Labute approximate surface area is 113 Å². The topological polar surface area (TPSA) is 38.3 Å². The zero-order valence-corrected chi connectivity index (χ0v) is 11.1. The van der Waals surface area contributed by atoms with Crippen LogP contribution >= 0.6 is 0 Å². The third-order valence-electron chi connectivity index (χ3n) is 2.68. The molecule has 2 aromatic carbocycles. The van der Waals surface area contributed by atoms with E-state index in [2.05, 4.69) is 5.32 Å². The van der Waals surface area contributed by atoms with Crippen molar-refractivity contribution in [2.45, 2.75) is 20.0 Å². The molecule has 0 atom stereocenters. The maximum atomic E-state index is 10.7. The molecule has 0 saturated heterocycles. The predicted molar refractivity (Wildman–Crippen MR) is 77.3 cm³/mol. The van der Waals surface area contributed by atoms with Crippen molar-refractivity contribution < 1.29 is 9.53 Å². The maximum Gasteiger partial charge on any atom is 0.211 e. The number of benzene rings is 2. The van der Waals surface area contributed by atoms with Crippen molar-refractivity contribution in [2.24, 2.45) is 0 Å². The van der Waals surface area contributed by atoms with Crippen LogP contribution in [0.5, 0.6) is 5.75 Å². The van der Waals surface area contributed by atoms with Crippen molar-refractivity contribution in [3.63, 3.8) is 0 Å². The Morgan fingerprint density at radius 2 is 1.63 bits per heavy atom. The van der Waals surface area contributed by atoms with Gasteiger partial charge in [-0.05, 0) is 26.0 Å². The molecule has 0 heterocycles. The average molecular weight is 255 g/mol. The van der Waals surface area contributed by atoms with Gasteiger partial charge in [0.05, 0.1) is 6.10 Å². The number of carbonyl (C=O) groups excluding carboxylic acids is 1. The summed E-state index contributed by atoms with van der Waals surface area (Å²) >= 11 is 0. The summed E-state index contributed by atoms with van der Waals surface area (Å²) in [6.07, 6.45) is 0.789. The number of rotatable bonds is 5. The summed E-state index contributed by atoms with van der Waals surface area (Å²) in [6.45, 7) is 3.98. The Bertz CT molecular complexity index is 564. The van der Waals surface area contributed by atoms with Crippen LogP contribution in [0.2, 0.25) is 0 Å². The number of hydrogen-bond donors (Lipinski definition) is 1. The van der Waals surface area contributed by atoms with Crippen LogP contribution in [-0.2, 0) is 4.79 Å². The molecule has 0 aliphatic carbocycles. The molecule has 0 saturated carbocycles. The van der Waals surface area contributed by atoms with Gasteiger partial charge >= 0.3 is 0 Å². The average Bonchev–Trinajstić information content (AvgIpc) is 2.40. The lowest BCUT2D eigenvalue weighted by atomic mass is 10.0. The van der Waals surface area contributed by atoms with Gasteiger partial charge in [0.25, 0.3) is 0 Å². The number of anilines is 1. The summed E-state index contributed by atoms with van der Waals surface area (Å²) < 4.78 is 5.82. The van der Waals surface area contributed by atoms with Crippen molar-refractivity contribution in [1.29, 1.82) is 0 Å². The smallest absolute Gasteiger partial charge is 0.211 e. The van der Waals surface area contributed by atoms with E-state index in [-0.39, 0.29) is 6.10 Å². The Morgan fingerprint density at radius 3 is 2.32 bits per heavy atom. The van der Waals surface area contributed by atoms with E-state index >= 15 is 0 Å². The van der Waals surface area contributed by atoms with Crippen molar-refractivity contribution >= 4 is 12.1 Å². The van der Waals surface area contributed by atoms with Gasteiger partial charge in [-0.2, -0.15) is 0 Å². The quantitative estimate of drug-likeness (QED) is 0.827. The van der Waals surface area contributed by atoms with Crippen LogP contribution in [0, 0.1) is 0 Å². The molecule has 1 amide bonds. The Balaban J connectivity index is 2.49. The van der Waals surface area contributed by atoms with Gasteiger partial charge in [0, 0.05) is 16.8 Å². The predicted octanol–water partition coefficient (Wildman–Crippen LogP) is 3.71. The van der Waals surface area contributed by atoms with Crippen LogP contribution in [0.1, 0.15) is 13.8 Å². The van der Waals surface area contributed by atoms with Crippen LogP contribution in [0.15, 0.2) is 48.5 Å². The minimum Gasteiger partial charge on any atom is -0.490 e. The van der Waals surface area contributed by atoms with E-state index in [1.165, 1.54) is 0 Å². The third-order valence-corrected chi connectivity index (χ3v) is 2.68. The summed E-state index contributed by atoms with van der Waals surface area (Å²) in [5.41, 5.74) is 2.70. The zero-order valence-electron chi connectivity index (χ0n) is 11.1. The van der Waals surface area contributed by atoms with E-state index in [1.54, 1.807) is 0 Å². The largest absolute Gasteiger partial charge is 0.490 e. The molecule has 0 aliphatic rings. The van der Waals surface area contributed by atoms with Gasteiger partial charge in [-0.1, -0.05) is 36.4 Å². The minimum atomic E-state index is 0.104. The number of carbonyl (C=O) groups is 1. The van der Waals surface area contributed by atoms with Gasteiger partial charge in [-0.15, -0.1) is 0 Å². The number of para-hydroxylation sites is 2. The van der Waals surface area contributed by atoms with Crippen LogP contribution < -0.4 is 10.1 Å². The highest BCUT2D eigenvalue weighted by Gasteiger charge is 2.10. The van der Waals surface area contributed by atoms with Gasteiger partial charge in [0.1, 0.15) is 5.75 Å². The van der Waals surface area contributed by atoms with E-state index in [0.29, 0.717) is 6.41 Å². The first-order valence-electron chi connectivity index (χ1n) is 6.27. The van der Waals surface area contributed by atoms with E-state index in [0.717, 1.165) is 22.6 Å². The first-order valence-corrected chi connectivity index (χ1v) is 6.27. The van der Waals surface area contributed by atoms with Crippen molar-refractivity contribution in [1.82, 2.24) is 0 Å². The zero-order chi connectivity index (χ0) is 13.7. The highest BCUT2D eigenvalue weighted by atomic mass is 16.5. The lowest BCUT2D eigenvalue weighted by Gasteiger charge is -2.16. The monoisotopic (exact) mass is 255 g/mol. The maximum absolute atomic E-state index is 10.7. The van der Waals surface area contributed by atoms with E-state index in [1.807, 2.05) is 62.4 Å². The van der Waals surface area contributed by atoms with Crippen LogP contribution in [-0.4, -0.2) is 12.5 Å². The lowest BCUT2D eigenvalue weighted by molar-refractivity contribution is -0.105. The molecule has 3 nitrogen and oxygen atoms in total. The molecule has 0 bridgehead atoms. The van der Waals surface area contributed by atoms with Crippen molar-refractivity contribution in [2.75, 3.05) is 5.32 Å². The molecule has 1 N–H and O–H groups in total. The third kappa shape index (κ3) is 3.13. The molecule has 19 heavy (non-hydrogen) atoms. The number of ether oxygens (including phenoxy) is 1. The molecule has 0 fully saturated rings. The Kier molecular flexibility index (Phi) is 4.18. The van der Waals surface area contributed by atoms with Gasteiger partial charge in [-0.25, -0.2) is 0 Å². The van der Waals surface area contributed by atoms with Gasteiger partial charge in [0.15, 0.2) is 0 Å². The van der Waals surface area contributed by atoms with E-state index in [4.69, 9.17) is 4.74 Å². The van der Waals surface area contributed by atoms with E-state index < -0.39 is 0 Å². The van der Waals surface area contributed by atoms with Crippen LogP contribution in [0.4, 0.5) is 5.69 Å². The molecule has 2 aromatic rings. The molecule has 3 heteroatoms. The Morgan fingerprint density at radius 1 is 1.00 bits per heavy atom. The molecular formula is C16H17NO2.